The number of nitrogens with one attached hydrogen (secondary N) is 2. The molecule has 0 fully saturated rings. The SMILES string of the molecule is CN(C)Nc1nc(NN(C)C)nc(N(Cc2ccccc2)Cc2ccccc2)n1. The zero-order chi connectivity index (χ0) is 20.6. The van der Waals surface area contributed by atoms with E-state index in [-0.39, 0.29) is 0 Å². The Bertz CT molecular complexity index is 814. The molecule has 152 valence electrons. The van der Waals surface area contributed by atoms with Crippen LogP contribution in [-0.4, -0.2) is 53.2 Å². The lowest BCUT2D eigenvalue weighted by Crippen LogP contribution is -2.29. The van der Waals surface area contributed by atoms with Crippen LogP contribution in [0.5, 0.6) is 0 Å². The van der Waals surface area contributed by atoms with Crippen LogP contribution < -0.4 is 15.8 Å². The molecule has 1 aromatic heterocycles. The highest BCUT2D eigenvalue weighted by molar-refractivity contribution is 5.44. The van der Waals surface area contributed by atoms with Gasteiger partial charge in [0.05, 0.1) is 0 Å². The largest absolute Gasteiger partial charge is 0.332 e. The summed E-state index contributed by atoms with van der Waals surface area (Å²) in [5.74, 6) is 1.56. The fraction of sp³-hybridized carbons (Fsp3) is 0.286. The molecule has 3 rings (SSSR count). The maximum atomic E-state index is 4.67. The van der Waals surface area contributed by atoms with E-state index in [4.69, 9.17) is 0 Å². The third-order valence-electron chi connectivity index (χ3n) is 3.99. The van der Waals surface area contributed by atoms with Crippen molar-refractivity contribution >= 4 is 17.8 Å². The second-order valence-corrected chi connectivity index (χ2v) is 7.12. The second kappa shape index (κ2) is 9.81. The number of anilines is 3. The summed E-state index contributed by atoms with van der Waals surface area (Å²) in [6.07, 6.45) is 0. The molecule has 8 nitrogen and oxygen atoms in total. The van der Waals surface area contributed by atoms with Gasteiger partial charge in [0.25, 0.3) is 0 Å². The molecule has 0 aliphatic carbocycles. The van der Waals surface area contributed by atoms with Crippen LogP contribution in [0.1, 0.15) is 11.1 Å². The minimum absolute atomic E-state index is 0.482. The van der Waals surface area contributed by atoms with Gasteiger partial charge in [-0.15, -0.1) is 0 Å². The van der Waals surface area contributed by atoms with Gasteiger partial charge in [0, 0.05) is 41.3 Å². The molecule has 29 heavy (non-hydrogen) atoms. The van der Waals surface area contributed by atoms with Crippen molar-refractivity contribution < 1.29 is 0 Å². The highest BCUT2D eigenvalue weighted by Gasteiger charge is 2.16. The Morgan fingerprint density at radius 2 is 1.03 bits per heavy atom. The third kappa shape index (κ3) is 6.41. The Morgan fingerprint density at radius 1 is 0.621 bits per heavy atom. The Hall–Kier alpha value is -3.23. The fourth-order valence-electron chi connectivity index (χ4n) is 2.81. The number of rotatable bonds is 9. The molecular formula is C21H28N8. The van der Waals surface area contributed by atoms with Gasteiger partial charge in [0.15, 0.2) is 0 Å². The van der Waals surface area contributed by atoms with E-state index in [1.807, 2.05) is 64.6 Å². The van der Waals surface area contributed by atoms with Crippen molar-refractivity contribution in [2.75, 3.05) is 43.9 Å². The molecule has 0 spiro atoms. The lowest BCUT2D eigenvalue weighted by molar-refractivity contribution is 0.480. The van der Waals surface area contributed by atoms with Crippen molar-refractivity contribution in [2.24, 2.45) is 0 Å². The maximum Gasteiger partial charge on any atom is 0.244 e. The molecule has 2 aromatic carbocycles. The summed E-state index contributed by atoms with van der Waals surface area (Å²) in [6, 6.07) is 20.6. The van der Waals surface area contributed by atoms with E-state index < -0.39 is 0 Å². The predicted octanol–water partition coefficient (Wildman–Crippen LogP) is 2.86. The maximum absolute atomic E-state index is 4.67. The summed E-state index contributed by atoms with van der Waals surface area (Å²) in [6.45, 7) is 1.37. The Kier molecular flexibility index (Phi) is 6.94. The fourth-order valence-corrected chi connectivity index (χ4v) is 2.81. The zero-order valence-electron chi connectivity index (χ0n) is 17.4. The standard InChI is InChI=1S/C21H28N8/c1-27(2)25-19-22-20(26-28(3)4)24-21(23-19)29(15-17-11-7-5-8-12-17)16-18-13-9-6-10-14-18/h5-14H,15-16H2,1-4H3,(H2,22,23,24,25,26). The minimum Gasteiger partial charge on any atom is -0.332 e. The van der Waals surface area contributed by atoms with Gasteiger partial charge in [0.2, 0.25) is 17.8 Å². The third-order valence-corrected chi connectivity index (χ3v) is 3.99. The zero-order valence-corrected chi connectivity index (χ0v) is 17.4. The van der Waals surface area contributed by atoms with Crippen LogP contribution in [0.4, 0.5) is 17.8 Å². The molecule has 3 aromatic rings. The highest BCUT2D eigenvalue weighted by atomic mass is 15.6. The molecule has 0 amide bonds. The molecule has 1 heterocycles. The van der Waals surface area contributed by atoms with Crippen LogP contribution in [0.15, 0.2) is 60.7 Å². The van der Waals surface area contributed by atoms with Gasteiger partial charge in [-0.1, -0.05) is 60.7 Å². The summed E-state index contributed by atoms with van der Waals surface area (Å²) >= 11 is 0. The lowest BCUT2D eigenvalue weighted by atomic mass is 10.2. The Labute approximate surface area is 172 Å². The number of hydrogen-bond acceptors (Lipinski definition) is 8. The van der Waals surface area contributed by atoms with Crippen molar-refractivity contribution in [2.45, 2.75) is 13.1 Å². The predicted molar refractivity (Wildman–Crippen MR) is 117 cm³/mol. The van der Waals surface area contributed by atoms with E-state index in [0.29, 0.717) is 30.9 Å². The average molecular weight is 393 g/mol. The van der Waals surface area contributed by atoms with Crippen LogP contribution in [0, 0.1) is 0 Å². The Balaban J connectivity index is 1.97. The molecular weight excluding hydrogens is 364 g/mol. The van der Waals surface area contributed by atoms with Gasteiger partial charge in [-0.05, 0) is 11.1 Å². The van der Waals surface area contributed by atoms with Crippen molar-refractivity contribution in [1.82, 2.24) is 25.0 Å². The van der Waals surface area contributed by atoms with Crippen molar-refractivity contribution in [3.05, 3.63) is 71.8 Å². The summed E-state index contributed by atoms with van der Waals surface area (Å²) in [7, 11) is 7.59. The summed E-state index contributed by atoms with van der Waals surface area (Å²) in [5.41, 5.74) is 8.63. The van der Waals surface area contributed by atoms with Crippen LogP contribution in [0.25, 0.3) is 0 Å². The van der Waals surface area contributed by atoms with Gasteiger partial charge >= 0.3 is 0 Å². The number of nitrogens with zero attached hydrogens (tertiary/aromatic N) is 6. The van der Waals surface area contributed by atoms with Gasteiger partial charge < -0.3 is 4.90 Å². The number of hydrazine groups is 2. The molecule has 0 aliphatic rings. The molecule has 0 aliphatic heterocycles. The first-order valence-corrected chi connectivity index (χ1v) is 9.46. The van der Waals surface area contributed by atoms with Gasteiger partial charge in [0.1, 0.15) is 0 Å². The van der Waals surface area contributed by atoms with Gasteiger partial charge in [-0.3, -0.25) is 10.9 Å². The second-order valence-electron chi connectivity index (χ2n) is 7.12. The van der Waals surface area contributed by atoms with Crippen molar-refractivity contribution in [3.63, 3.8) is 0 Å². The molecule has 0 saturated carbocycles. The van der Waals surface area contributed by atoms with E-state index in [2.05, 4.69) is 55.0 Å². The normalized spacial score (nSPS) is 11.0. The first-order valence-electron chi connectivity index (χ1n) is 9.46. The van der Waals surface area contributed by atoms with Crippen LogP contribution in [-0.2, 0) is 13.1 Å². The van der Waals surface area contributed by atoms with E-state index in [9.17, 15) is 0 Å². The summed E-state index contributed by atoms with van der Waals surface area (Å²) < 4.78 is 0. The quantitative estimate of drug-likeness (QED) is 0.539. The molecule has 0 saturated heterocycles. The Morgan fingerprint density at radius 3 is 1.41 bits per heavy atom. The summed E-state index contributed by atoms with van der Waals surface area (Å²) in [5, 5.41) is 3.61. The minimum atomic E-state index is 0.482. The van der Waals surface area contributed by atoms with Crippen LogP contribution >= 0.6 is 0 Å². The number of aromatic nitrogens is 3. The molecule has 0 bridgehead atoms. The molecule has 8 heteroatoms. The summed E-state index contributed by atoms with van der Waals surface area (Å²) in [4.78, 5) is 15.9. The van der Waals surface area contributed by atoms with Gasteiger partial charge in [-0.2, -0.15) is 15.0 Å². The highest BCUT2D eigenvalue weighted by Crippen LogP contribution is 2.19. The number of hydrogen-bond donors (Lipinski definition) is 2. The molecule has 0 radical (unpaired) electrons. The van der Waals surface area contributed by atoms with Crippen LogP contribution in [0.2, 0.25) is 0 Å². The topological polar surface area (TPSA) is 72.5 Å². The van der Waals surface area contributed by atoms with Crippen LogP contribution in [0.3, 0.4) is 0 Å². The molecule has 0 atom stereocenters. The first-order chi connectivity index (χ1) is 14.0. The first kappa shape index (κ1) is 20.5. The number of benzene rings is 2. The smallest absolute Gasteiger partial charge is 0.244 e. The van der Waals surface area contributed by atoms with E-state index >= 15 is 0 Å². The van der Waals surface area contributed by atoms with E-state index in [1.54, 1.807) is 10.0 Å². The van der Waals surface area contributed by atoms with E-state index in [1.165, 1.54) is 11.1 Å². The van der Waals surface area contributed by atoms with E-state index in [0.717, 1.165) is 0 Å². The monoisotopic (exact) mass is 392 g/mol. The average Bonchev–Trinajstić information content (AvgIpc) is 2.68. The van der Waals surface area contributed by atoms with Crippen molar-refractivity contribution in [3.8, 4) is 0 Å². The molecule has 2 N–H and O–H groups in total. The van der Waals surface area contributed by atoms with Gasteiger partial charge in [-0.25, -0.2) is 10.0 Å². The lowest BCUT2D eigenvalue weighted by Gasteiger charge is -2.25. The molecule has 0 unspecified atom stereocenters. The van der Waals surface area contributed by atoms with Crippen molar-refractivity contribution in [1.29, 1.82) is 0 Å².